The van der Waals surface area contributed by atoms with Crippen LogP contribution in [-0.4, -0.2) is 69.4 Å². The molecule has 1 aromatic heterocycles. The number of hydrogen-bond acceptors (Lipinski definition) is 6. The standard InChI is InChI=1S/C21H32N4O5/c1-6-29-19(27)14-8-7-10-24(12-14)18(26)17-15-13-25(20(28)30-21(2,3)4)11-9-16(15)22-23(17)5/h14H,6-13H2,1-5H3. The monoisotopic (exact) mass is 420 g/mol. The quantitative estimate of drug-likeness (QED) is 0.696. The third-order valence-electron chi connectivity index (χ3n) is 5.38. The van der Waals surface area contributed by atoms with E-state index >= 15 is 0 Å². The Morgan fingerprint density at radius 3 is 2.57 bits per heavy atom. The molecule has 2 aliphatic heterocycles. The van der Waals surface area contributed by atoms with E-state index < -0.39 is 11.7 Å². The van der Waals surface area contributed by atoms with Crippen molar-refractivity contribution in [2.45, 2.75) is 59.1 Å². The molecule has 0 spiro atoms. The van der Waals surface area contributed by atoms with E-state index in [2.05, 4.69) is 5.10 Å². The summed E-state index contributed by atoms with van der Waals surface area (Å²) in [6.45, 7) is 9.31. The molecule has 9 heteroatoms. The van der Waals surface area contributed by atoms with Gasteiger partial charge >= 0.3 is 12.1 Å². The number of carbonyl (C=O) groups is 3. The molecule has 0 saturated carbocycles. The molecule has 30 heavy (non-hydrogen) atoms. The zero-order chi connectivity index (χ0) is 22.1. The van der Waals surface area contributed by atoms with E-state index in [0.717, 1.165) is 24.1 Å². The maximum absolute atomic E-state index is 13.4. The van der Waals surface area contributed by atoms with Gasteiger partial charge in [0.1, 0.15) is 11.3 Å². The molecule has 2 amide bonds. The van der Waals surface area contributed by atoms with Gasteiger partial charge < -0.3 is 19.3 Å². The average molecular weight is 421 g/mol. The number of likely N-dealkylation sites (tertiary alicyclic amines) is 1. The van der Waals surface area contributed by atoms with Gasteiger partial charge in [0.15, 0.2) is 0 Å². The highest BCUT2D eigenvalue weighted by atomic mass is 16.6. The van der Waals surface area contributed by atoms with Crippen LogP contribution >= 0.6 is 0 Å². The van der Waals surface area contributed by atoms with Gasteiger partial charge in [-0.25, -0.2) is 4.79 Å². The first kappa shape index (κ1) is 22.1. The number of aryl methyl sites for hydroxylation is 1. The average Bonchev–Trinajstić information content (AvgIpc) is 3.01. The molecule has 1 fully saturated rings. The minimum atomic E-state index is -0.582. The first-order chi connectivity index (χ1) is 14.1. The molecular formula is C21H32N4O5. The fraction of sp³-hybridized carbons (Fsp3) is 0.714. The predicted molar refractivity (Wildman–Crippen MR) is 109 cm³/mol. The van der Waals surface area contributed by atoms with Gasteiger partial charge in [0.05, 0.1) is 24.8 Å². The predicted octanol–water partition coefficient (Wildman–Crippen LogP) is 2.13. The number of piperidine rings is 1. The number of hydrogen-bond donors (Lipinski definition) is 0. The van der Waals surface area contributed by atoms with Crippen LogP contribution in [0, 0.1) is 5.92 Å². The van der Waals surface area contributed by atoms with E-state index in [1.807, 2.05) is 20.8 Å². The molecule has 3 heterocycles. The highest BCUT2D eigenvalue weighted by molar-refractivity contribution is 5.95. The van der Waals surface area contributed by atoms with Crippen molar-refractivity contribution in [3.05, 3.63) is 17.0 Å². The number of nitrogens with zero attached hydrogens (tertiary/aromatic N) is 4. The molecule has 1 aromatic rings. The van der Waals surface area contributed by atoms with Crippen LogP contribution in [-0.2, 0) is 34.3 Å². The van der Waals surface area contributed by atoms with Gasteiger partial charge in [-0.3, -0.25) is 14.3 Å². The van der Waals surface area contributed by atoms with Crippen LogP contribution in [0.5, 0.6) is 0 Å². The van der Waals surface area contributed by atoms with E-state index in [4.69, 9.17) is 9.47 Å². The number of fused-ring (bicyclic) bond motifs is 1. The van der Waals surface area contributed by atoms with Gasteiger partial charge in [-0.1, -0.05) is 0 Å². The number of aromatic nitrogens is 2. The molecule has 0 N–H and O–H groups in total. The van der Waals surface area contributed by atoms with Crippen LogP contribution in [0.1, 0.15) is 62.3 Å². The topological polar surface area (TPSA) is 94.0 Å². The number of rotatable bonds is 3. The Morgan fingerprint density at radius 1 is 1.17 bits per heavy atom. The Bertz CT molecular complexity index is 826. The van der Waals surface area contributed by atoms with Gasteiger partial charge in [-0.05, 0) is 40.5 Å². The summed E-state index contributed by atoms with van der Waals surface area (Å²) in [4.78, 5) is 41.4. The summed E-state index contributed by atoms with van der Waals surface area (Å²) in [6.07, 6.45) is 1.65. The summed E-state index contributed by atoms with van der Waals surface area (Å²) in [6, 6.07) is 0. The zero-order valence-electron chi connectivity index (χ0n) is 18.6. The molecule has 1 unspecified atom stereocenters. The number of carbonyl (C=O) groups excluding carboxylic acids is 3. The molecule has 1 atom stereocenters. The van der Waals surface area contributed by atoms with Crippen LogP contribution in [0.3, 0.4) is 0 Å². The van der Waals surface area contributed by atoms with Crippen LogP contribution in [0.2, 0.25) is 0 Å². The number of amides is 2. The third kappa shape index (κ3) is 4.76. The lowest BCUT2D eigenvalue weighted by molar-refractivity contribution is -0.149. The highest BCUT2D eigenvalue weighted by Gasteiger charge is 2.35. The Morgan fingerprint density at radius 2 is 1.90 bits per heavy atom. The molecule has 0 aromatic carbocycles. The van der Waals surface area contributed by atoms with Gasteiger partial charge in [-0.15, -0.1) is 0 Å². The Labute approximate surface area is 177 Å². The van der Waals surface area contributed by atoms with Gasteiger partial charge in [0, 0.05) is 38.7 Å². The second-order valence-electron chi connectivity index (χ2n) is 8.89. The smallest absolute Gasteiger partial charge is 0.410 e. The SMILES string of the molecule is CCOC(=O)C1CCCN(C(=O)c2c3c(nn2C)CCN(C(=O)OC(C)(C)C)C3)C1. The Hall–Kier alpha value is -2.58. The number of esters is 1. The lowest BCUT2D eigenvalue weighted by atomic mass is 9.97. The van der Waals surface area contributed by atoms with Crippen LogP contribution in [0.25, 0.3) is 0 Å². The van der Waals surface area contributed by atoms with E-state index in [-0.39, 0.29) is 24.3 Å². The van der Waals surface area contributed by atoms with Crippen molar-refractivity contribution in [1.29, 1.82) is 0 Å². The summed E-state index contributed by atoms with van der Waals surface area (Å²) in [7, 11) is 1.75. The van der Waals surface area contributed by atoms with Gasteiger partial charge in [0.25, 0.3) is 5.91 Å². The maximum Gasteiger partial charge on any atom is 0.410 e. The Balaban J connectivity index is 1.78. The largest absolute Gasteiger partial charge is 0.466 e. The van der Waals surface area contributed by atoms with Crippen molar-refractivity contribution in [3.63, 3.8) is 0 Å². The molecule has 0 radical (unpaired) electrons. The number of ether oxygens (including phenoxy) is 2. The maximum atomic E-state index is 13.4. The van der Waals surface area contributed by atoms with E-state index in [1.165, 1.54) is 0 Å². The second kappa shape index (κ2) is 8.65. The molecule has 1 saturated heterocycles. The summed E-state index contributed by atoms with van der Waals surface area (Å²) < 4.78 is 12.2. The fourth-order valence-corrected chi connectivity index (χ4v) is 4.01. The van der Waals surface area contributed by atoms with Crippen molar-refractivity contribution in [1.82, 2.24) is 19.6 Å². The lowest BCUT2D eigenvalue weighted by Crippen LogP contribution is -2.44. The molecule has 9 nitrogen and oxygen atoms in total. The van der Waals surface area contributed by atoms with E-state index in [0.29, 0.717) is 38.4 Å². The van der Waals surface area contributed by atoms with Crippen molar-refractivity contribution in [3.8, 4) is 0 Å². The summed E-state index contributed by atoms with van der Waals surface area (Å²) >= 11 is 0. The van der Waals surface area contributed by atoms with Crippen molar-refractivity contribution in [2.24, 2.45) is 13.0 Å². The van der Waals surface area contributed by atoms with Gasteiger partial charge in [-0.2, -0.15) is 5.10 Å². The minimum absolute atomic E-state index is 0.161. The Kier molecular flexibility index (Phi) is 6.38. The minimum Gasteiger partial charge on any atom is -0.466 e. The van der Waals surface area contributed by atoms with Crippen molar-refractivity contribution < 1.29 is 23.9 Å². The summed E-state index contributed by atoms with van der Waals surface area (Å²) in [5.41, 5.74) is 1.49. The van der Waals surface area contributed by atoms with Gasteiger partial charge in [0.2, 0.25) is 0 Å². The molecule has 166 valence electrons. The van der Waals surface area contributed by atoms with E-state index in [9.17, 15) is 14.4 Å². The molecular weight excluding hydrogens is 388 g/mol. The van der Waals surface area contributed by atoms with Crippen LogP contribution in [0.4, 0.5) is 4.79 Å². The van der Waals surface area contributed by atoms with Crippen LogP contribution in [0.15, 0.2) is 0 Å². The fourth-order valence-electron chi connectivity index (χ4n) is 4.01. The van der Waals surface area contributed by atoms with E-state index in [1.54, 1.807) is 28.5 Å². The third-order valence-corrected chi connectivity index (χ3v) is 5.38. The normalized spacial score (nSPS) is 19.3. The first-order valence-electron chi connectivity index (χ1n) is 10.6. The molecule has 3 rings (SSSR count). The van der Waals surface area contributed by atoms with Crippen molar-refractivity contribution >= 4 is 18.0 Å². The summed E-state index contributed by atoms with van der Waals surface area (Å²) in [5.74, 6) is -0.714. The first-order valence-corrected chi connectivity index (χ1v) is 10.6. The highest BCUT2D eigenvalue weighted by Crippen LogP contribution is 2.26. The van der Waals surface area contributed by atoms with Crippen LogP contribution < -0.4 is 0 Å². The molecule has 0 aliphatic carbocycles. The van der Waals surface area contributed by atoms with Crippen molar-refractivity contribution in [2.75, 3.05) is 26.2 Å². The molecule has 0 bridgehead atoms. The second-order valence-corrected chi connectivity index (χ2v) is 8.89. The molecule has 2 aliphatic rings. The lowest BCUT2D eigenvalue weighted by Gasteiger charge is -2.32. The summed E-state index contributed by atoms with van der Waals surface area (Å²) in [5, 5.41) is 4.52. The zero-order valence-corrected chi connectivity index (χ0v) is 18.6.